The fourth-order valence-corrected chi connectivity index (χ4v) is 3.86. The lowest BCUT2D eigenvalue weighted by Crippen LogP contribution is -2.53. The second kappa shape index (κ2) is 11.0. The van der Waals surface area contributed by atoms with Crippen LogP contribution in [0.15, 0.2) is 10.6 Å². The highest BCUT2D eigenvalue weighted by molar-refractivity contribution is 5.97. The molecule has 0 aromatic carbocycles. The number of halogens is 4. The molecule has 2 aliphatic rings. The van der Waals surface area contributed by atoms with Crippen molar-refractivity contribution in [3.63, 3.8) is 0 Å². The average molecular weight is 506 g/mol. The molecule has 3 rings (SSSR count). The Hall–Kier alpha value is -2.54. The van der Waals surface area contributed by atoms with Gasteiger partial charge in [0.15, 0.2) is 22.9 Å². The molecule has 0 bridgehead atoms. The highest BCUT2D eigenvalue weighted by Gasteiger charge is 2.36. The number of Topliss-reactive ketones (excluding diaryl/α,β-unsaturated/α-hetero) is 1. The molecule has 1 aliphatic carbocycles. The van der Waals surface area contributed by atoms with Gasteiger partial charge in [0, 0.05) is 6.07 Å². The standard InChI is InChI=1S/C22H30F4N4O5/c1-21(2,23)18-9-16(30-35-18)20(33)29-15(7-12-3-4-12)19(32)28-14(8-13-5-6-27-10-13)17(31)11-34-22(24,25)26/h9,12-15,27H,3-8,10-11H2,1-2H3,(H,28,32)(H,29,33)/t13-,14-,15-/m0/s1. The van der Waals surface area contributed by atoms with Crippen LogP contribution in [0.25, 0.3) is 0 Å². The molecule has 13 heteroatoms. The number of nitrogens with one attached hydrogen (secondary N) is 3. The number of ketones is 1. The molecule has 1 saturated heterocycles. The second-order valence-corrected chi connectivity index (χ2v) is 9.61. The van der Waals surface area contributed by atoms with Gasteiger partial charge in [0.25, 0.3) is 5.91 Å². The Morgan fingerprint density at radius 3 is 2.34 bits per heavy atom. The van der Waals surface area contributed by atoms with Crippen molar-refractivity contribution in [3.8, 4) is 0 Å². The molecule has 2 fully saturated rings. The minimum atomic E-state index is -4.98. The second-order valence-electron chi connectivity index (χ2n) is 9.61. The van der Waals surface area contributed by atoms with Gasteiger partial charge < -0.3 is 20.5 Å². The number of hydrogen-bond acceptors (Lipinski definition) is 7. The zero-order valence-corrected chi connectivity index (χ0v) is 19.5. The summed E-state index contributed by atoms with van der Waals surface area (Å²) in [6, 6.07) is -1.14. The molecule has 35 heavy (non-hydrogen) atoms. The van der Waals surface area contributed by atoms with Crippen molar-refractivity contribution in [1.82, 2.24) is 21.1 Å². The maximum absolute atomic E-state index is 14.0. The minimum absolute atomic E-state index is 0.00998. The molecule has 0 radical (unpaired) electrons. The molecule has 1 aromatic rings. The van der Waals surface area contributed by atoms with E-state index in [1.165, 1.54) is 13.8 Å². The first kappa shape index (κ1) is 27.1. The van der Waals surface area contributed by atoms with E-state index in [0.717, 1.165) is 18.9 Å². The van der Waals surface area contributed by atoms with Crippen molar-refractivity contribution in [3.05, 3.63) is 17.5 Å². The molecular formula is C22H30F4N4O5. The predicted molar refractivity (Wildman–Crippen MR) is 114 cm³/mol. The van der Waals surface area contributed by atoms with E-state index in [-0.39, 0.29) is 36.1 Å². The van der Waals surface area contributed by atoms with Crippen LogP contribution in [0.4, 0.5) is 17.6 Å². The fraction of sp³-hybridized carbons (Fsp3) is 0.727. The highest BCUT2D eigenvalue weighted by Crippen LogP contribution is 2.34. The SMILES string of the molecule is CC(C)(F)c1cc(C(=O)N[C@@H](CC2CC2)C(=O)N[C@@H](C[C@@H]2CCNC2)C(=O)COC(F)(F)F)no1. The third-order valence-corrected chi connectivity index (χ3v) is 6.03. The maximum atomic E-state index is 14.0. The Morgan fingerprint density at radius 1 is 1.11 bits per heavy atom. The van der Waals surface area contributed by atoms with E-state index in [1.54, 1.807) is 0 Å². The lowest BCUT2D eigenvalue weighted by atomic mass is 9.96. The Labute approximate surface area is 199 Å². The Kier molecular flexibility index (Phi) is 8.52. The van der Waals surface area contributed by atoms with Crippen LogP contribution in [0.1, 0.15) is 62.2 Å². The summed E-state index contributed by atoms with van der Waals surface area (Å²) >= 11 is 0. The van der Waals surface area contributed by atoms with Gasteiger partial charge >= 0.3 is 6.36 Å². The molecular weight excluding hydrogens is 476 g/mol. The summed E-state index contributed by atoms with van der Waals surface area (Å²) in [6.07, 6.45) is -2.13. The molecule has 1 aromatic heterocycles. The van der Waals surface area contributed by atoms with Gasteiger partial charge in [-0.3, -0.25) is 19.1 Å². The maximum Gasteiger partial charge on any atom is 0.522 e. The van der Waals surface area contributed by atoms with Crippen LogP contribution in [0.5, 0.6) is 0 Å². The van der Waals surface area contributed by atoms with Crippen LogP contribution in [-0.2, 0) is 20.0 Å². The van der Waals surface area contributed by atoms with Gasteiger partial charge in [0.05, 0.1) is 6.04 Å². The Morgan fingerprint density at radius 2 is 1.80 bits per heavy atom. The Bertz CT molecular complexity index is 904. The van der Waals surface area contributed by atoms with Gasteiger partial charge in [-0.05, 0) is 58.0 Å². The van der Waals surface area contributed by atoms with E-state index in [4.69, 9.17) is 4.52 Å². The fourth-order valence-electron chi connectivity index (χ4n) is 3.86. The summed E-state index contributed by atoms with van der Waals surface area (Å²) in [5, 5.41) is 11.7. The number of hydrogen-bond donors (Lipinski definition) is 3. The first-order valence-corrected chi connectivity index (χ1v) is 11.5. The number of ether oxygens (including phenoxy) is 1. The van der Waals surface area contributed by atoms with Crippen LogP contribution in [0.3, 0.4) is 0 Å². The molecule has 196 valence electrons. The summed E-state index contributed by atoms with van der Waals surface area (Å²) in [4.78, 5) is 38.2. The smallest absolute Gasteiger partial charge is 0.357 e. The molecule has 0 unspecified atom stereocenters. The number of alkyl halides is 4. The van der Waals surface area contributed by atoms with Crippen LogP contribution in [0, 0.1) is 11.8 Å². The Balaban J connectivity index is 1.68. The number of carbonyl (C=O) groups is 3. The van der Waals surface area contributed by atoms with E-state index in [2.05, 4.69) is 25.8 Å². The van der Waals surface area contributed by atoms with E-state index >= 15 is 0 Å². The largest absolute Gasteiger partial charge is 0.522 e. The average Bonchev–Trinajstić information content (AvgIpc) is 3.21. The molecule has 2 heterocycles. The van der Waals surface area contributed by atoms with Gasteiger partial charge in [0.1, 0.15) is 12.6 Å². The summed E-state index contributed by atoms with van der Waals surface area (Å²) in [5.41, 5.74) is -2.08. The predicted octanol–water partition coefficient (Wildman–Crippen LogP) is 2.37. The van der Waals surface area contributed by atoms with Crippen molar-refractivity contribution in [2.24, 2.45) is 11.8 Å². The van der Waals surface area contributed by atoms with Crippen molar-refractivity contribution in [1.29, 1.82) is 0 Å². The third-order valence-electron chi connectivity index (χ3n) is 6.03. The molecule has 3 N–H and O–H groups in total. The molecule has 3 atom stereocenters. The topological polar surface area (TPSA) is 123 Å². The normalized spacial score (nSPS) is 20.3. The van der Waals surface area contributed by atoms with Crippen molar-refractivity contribution in [2.45, 2.75) is 70.1 Å². The van der Waals surface area contributed by atoms with Gasteiger partial charge in [-0.1, -0.05) is 18.0 Å². The van der Waals surface area contributed by atoms with Crippen LogP contribution in [0.2, 0.25) is 0 Å². The summed E-state index contributed by atoms with van der Waals surface area (Å²) in [5.74, 6) is -2.36. The quantitative estimate of drug-likeness (QED) is 0.372. The van der Waals surface area contributed by atoms with Crippen molar-refractivity contribution < 1.29 is 41.2 Å². The summed E-state index contributed by atoms with van der Waals surface area (Å²) in [7, 11) is 0. The number of aromatic nitrogens is 1. The van der Waals surface area contributed by atoms with E-state index in [1.807, 2.05) is 0 Å². The summed E-state index contributed by atoms with van der Waals surface area (Å²) in [6.45, 7) is 2.51. The van der Waals surface area contributed by atoms with Gasteiger partial charge in [0.2, 0.25) is 5.91 Å². The number of amides is 2. The van der Waals surface area contributed by atoms with Crippen LogP contribution < -0.4 is 16.0 Å². The van der Waals surface area contributed by atoms with Gasteiger partial charge in [-0.15, -0.1) is 13.2 Å². The summed E-state index contributed by atoms with van der Waals surface area (Å²) < 4.78 is 59.9. The molecule has 9 nitrogen and oxygen atoms in total. The lowest BCUT2D eigenvalue weighted by molar-refractivity contribution is -0.321. The van der Waals surface area contributed by atoms with E-state index in [9.17, 15) is 31.9 Å². The van der Waals surface area contributed by atoms with Crippen molar-refractivity contribution in [2.75, 3.05) is 19.7 Å². The first-order chi connectivity index (χ1) is 16.3. The zero-order chi connectivity index (χ0) is 25.8. The van der Waals surface area contributed by atoms with Crippen LogP contribution in [-0.4, -0.2) is 60.9 Å². The first-order valence-electron chi connectivity index (χ1n) is 11.5. The minimum Gasteiger partial charge on any atom is -0.357 e. The zero-order valence-electron chi connectivity index (χ0n) is 19.5. The molecule has 1 aliphatic heterocycles. The van der Waals surface area contributed by atoms with Gasteiger partial charge in [-0.25, -0.2) is 4.39 Å². The van der Waals surface area contributed by atoms with E-state index in [0.29, 0.717) is 19.5 Å². The highest BCUT2D eigenvalue weighted by atomic mass is 19.4. The van der Waals surface area contributed by atoms with Crippen LogP contribution >= 0.6 is 0 Å². The number of carbonyl (C=O) groups excluding carboxylic acids is 3. The monoisotopic (exact) mass is 506 g/mol. The van der Waals surface area contributed by atoms with Crippen molar-refractivity contribution >= 4 is 17.6 Å². The molecule has 0 spiro atoms. The number of nitrogens with zero attached hydrogens (tertiary/aromatic N) is 1. The number of rotatable bonds is 12. The third kappa shape index (κ3) is 8.57. The molecule has 1 saturated carbocycles. The molecule has 2 amide bonds. The lowest BCUT2D eigenvalue weighted by Gasteiger charge is -2.24. The van der Waals surface area contributed by atoms with E-state index < -0.39 is 48.3 Å². The van der Waals surface area contributed by atoms with Gasteiger partial charge in [-0.2, -0.15) is 0 Å².